The summed E-state index contributed by atoms with van der Waals surface area (Å²) in [5.41, 5.74) is 0. The van der Waals surface area contributed by atoms with Crippen molar-refractivity contribution in [2.75, 3.05) is 19.3 Å². The van der Waals surface area contributed by atoms with Crippen molar-refractivity contribution in [1.29, 1.82) is 0 Å². The van der Waals surface area contributed by atoms with Gasteiger partial charge in [0.1, 0.15) is 12.4 Å². The molecule has 98 valence electrons. The zero-order valence-electron chi connectivity index (χ0n) is 9.93. The number of halogens is 1. The molecular formula is C12H14FNO3S. The Kier molecular flexibility index (Phi) is 5.64. The van der Waals surface area contributed by atoms with Crippen LogP contribution in [0.2, 0.25) is 0 Å². The number of carboxylic acids is 1. The van der Waals surface area contributed by atoms with Crippen LogP contribution >= 0.6 is 11.8 Å². The van der Waals surface area contributed by atoms with Crippen LogP contribution < -0.4 is 0 Å². The maximum atomic E-state index is 12.6. The fourth-order valence-electron chi connectivity index (χ4n) is 1.27. The van der Waals surface area contributed by atoms with Gasteiger partial charge in [0, 0.05) is 24.1 Å². The minimum Gasteiger partial charge on any atom is -0.480 e. The molecule has 0 atom stereocenters. The molecule has 0 aliphatic carbocycles. The van der Waals surface area contributed by atoms with Crippen molar-refractivity contribution in [2.45, 2.75) is 11.3 Å². The average molecular weight is 271 g/mol. The minimum absolute atomic E-state index is 0.216. The zero-order chi connectivity index (χ0) is 13.5. The van der Waals surface area contributed by atoms with Gasteiger partial charge in [-0.25, -0.2) is 4.39 Å². The van der Waals surface area contributed by atoms with Crippen LogP contribution in [0.5, 0.6) is 0 Å². The van der Waals surface area contributed by atoms with E-state index in [0.29, 0.717) is 5.75 Å². The van der Waals surface area contributed by atoms with Crippen molar-refractivity contribution in [2.24, 2.45) is 0 Å². The molecule has 0 heterocycles. The van der Waals surface area contributed by atoms with E-state index < -0.39 is 5.97 Å². The van der Waals surface area contributed by atoms with Gasteiger partial charge >= 0.3 is 5.97 Å². The Balaban J connectivity index is 2.31. The summed E-state index contributed by atoms with van der Waals surface area (Å²) in [5, 5.41) is 8.53. The quantitative estimate of drug-likeness (QED) is 0.802. The van der Waals surface area contributed by atoms with Crippen LogP contribution in [-0.2, 0) is 9.59 Å². The lowest BCUT2D eigenvalue weighted by Gasteiger charge is -2.13. The number of benzene rings is 1. The number of carboxylic acid groups (broad SMARTS) is 1. The van der Waals surface area contributed by atoms with E-state index in [1.807, 2.05) is 0 Å². The first kappa shape index (κ1) is 14.5. The van der Waals surface area contributed by atoms with Crippen LogP contribution in [0, 0.1) is 5.82 Å². The Bertz CT molecular complexity index is 422. The summed E-state index contributed by atoms with van der Waals surface area (Å²) < 4.78 is 12.6. The maximum Gasteiger partial charge on any atom is 0.323 e. The van der Waals surface area contributed by atoms with E-state index in [-0.39, 0.29) is 24.7 Å². The van der Waals surface area contributed by atoms with Gasteiger partial charge in [0.2, 0.25) is 5.91 Å². The fourth-order valence-corrected chi connectivity index (χ4v) is 2.11. The molecule has 0 aliphatic heterocycles. The van der Waals surface area contributed by atoms with Crippen molar-refractivity contribution in [1.82, 2.24) is 4.90 Å². The lowest BCUT2D eigenvalue weighted by molar-refractivity contribution is -0.143. The monoisotopic (exact) mass is 271 g/mol. The molecule has 0 bridgehead atoms. The number of carbonyl (C=O) groups is 2. The van der Waals surface area contributed by atoms with Crippen molar-refractivity contribution in [3.05, 3.63) is 30.1 Å². The Morgan fingerprint density at radius 3 is 2.50 bits per heavy atom. The van der Waals surface area contributed by atoms with Gasteiger partial charge in [-0.1, -0.05) is 0 Å². The van der Waals surface area contributed by atoms with Crippen LogP contribution in [0.15, 0.2) is 29.2 Å². The molecule has 0 saturated heterocycles. The van der Waals surface area contributed by atoms with Crippen LogP contribution in [-0.4, -0.2) is 41.2 Å². The number of thioether (sulfide) groups is 1. The Labute approximate surface area is 109 Å². The third kappa shape index (κ3) is 5.18. The number of aliphatic carboxylic acids is 1. The SMILES string of the molecule is CN(CC(=O)O)C(=O)CCSc1ccc(F)cc1. The number of hydrogen-bond donors (Lipinski definition) is 1. The molecule has 0 radical (unpaired) electrons. The Hall–Kier alpha value is -1.56. The lowest BCUT2D eigenvalue weighted by atomic mass is 10.3. The highest BCUT2D eigenvalue weighted by Gasteiger charge is 2.11. The van der Waals surface area contributed by atoms with Gasteiger partial charge in [0.25, 0.3) is 0 Å². The predicted octanol–water partition coefficient (Wildman–Crippen LogP) is 1.85. The molecule has 0 fully saturated rings. The summed E-state index contributed by atoms with van der Waals surface area (Å²) in [5.74, 6) is -1.00. The predicted molar refractivity (Wildman–Crippen MR) is 67.0 cm³/mol. The first-order chi connectivity index (χ1) is 8.49. The number of carbonyl (C=O) groups excluding carboxylic acids is 1. The third-order valence-electron chi connectivity index (χ3n) is 2.20. The summed E-state index contributed by atoms with van der Waals surface area (Å²) in [6.45, 7) is -0.292. The van der Waals surface area contributed by atoms with E-state index >= 15 is 0 Å². The van der Waals surface area contributed by atoms with Gasteiger partial charge in [-0.3, -0.25) is 9.59 Å². The molecule has 1 aromatic rings. The number of likely N-dealkylation sites (N-methyl/N-ethyl adjacent to an activating group) is 1. The molecule has 0 spiro atoms. The molecule has 1 rings (SSSR count). The molecule has 0 aromatic heterocycles. The molecule has 0 saturated carbocycles. The smallest absolute Gasteiger partial charge is 0.323 e. The summed E-state index contributed by atoms with van der Waals surface area (Å²) in [7, 11) is 1.46. The molecule has 18 heavy (non-hydrogen) atoms. The highest BCUT2D eigenvalue weighted by Crippen LogP contribution is 2.19. The molecule has 1 aromatic carbocycles. The van der Waals surface area contributed by atoms with Crippen LogP contribution in [0.4, 0.5) is 4.39 Å². The van der Waals surface area contributed by atoms with E-state index in [1.165, 1.54) is 35.8 Å². The van der Waals surface area contributed by atoms with Gasteiger partial charge in [0.05, 0.1) is 0 Å². The van der Waals surface area contributed by atoms with Gasteiger partial charge < -0.3 is 10.0 Å². The van der Waals surface area contributed by atoms with Gasteiger partial charge in [0.15, 0.2) is 0 Å². The second-order valence-electron chi connectivity index (χ2n) is 3.70. The van der Waals surface area contributed by atoms with Crippen LogP contribution in [0.3, 0.4) is 0 Å². The third-order valence-corrected chi connectivity index (χ3v) is 3.21. The minimum atomic E-state index is -1.03. The second kappa shape index (κ2) is 7.00. The van der Waals surface area contributed by atoms with Crippen LogP contribution in [0.1, 0.15) is 6.42 Å². The topological polar surface area (TPSA) is 57.6 Å². The number of nitrogens with zero attached hydrogens (tertiary/aromatic N) is 1. The molecule has 4 nitrogen and oxygen atoms in total. The van der Waals surface area contributed by atoms with E-state index in [0.717, 1.165) is 4.90 Å². The van der Waals surface area contributed by atoms with Gasteiger partial charge in [-0.15, -0.1) is 11.8 Å². The lowest BCUT2D eigenvalue weighted by Crippen LogP contribution is -2.32. The summed E-state index contributed by atoms with van der Waals surface area (Å²) >= 11 is 1.43. The van der Waals surface area contributed by atoms with E-state index in [1.54, 1.807) is 12.1 Å². The molecule has 6 heteroatoms. The molecule has 0 unspecified atom stereocenters. The molecule has 1 amide bonds. The van der Waals surface area contributed by atoms with Crippen LogP contribution in [0.25, 0.3) is 0 Å². The highest BCUT2D eigenvalue weighted by atomic mass is 32.2. The Morgan fingerprint density at radius 1 is 1.33 bits per heavy atom. The maximum absolute atomic E-state index is 12.6. The van der Waals surface area contributed by atoms with Gasteiger partial charge in [-0.05, 0) is 24.3 Å². The van der Waals surface area contributed by atoms with Crippen molar-refractivity contribution in [3.63, 3.8) is 0 Å². The van der Waals surface area contributed by atoms with Gasteiger partial charge in [-0.2, -0.15) is 0 Å². The second-order valence-corrected chi connectivity index (χ2v) is 4.86. The van der Waals surface area contributed by atoms with Crippen molar-refractivity contribution in [3.8, 4) is 0 Å². The fraction of sp³-hybridized carbons (Fsp3) is 0.333. The largest absolute Gasteiger partial charge is 0.480 e. The van der Waals surface area contributed by atoms with Crippen molar-refractivity contribution < 1.29 is 19.1 Å². The van der Waals surface area contributed by atoms with Crippen molar-refractivity contribution >= 4 is 23.6 Å². The Morgan fingerprint density at radius 2 is 1.94 bits per heavy atom. The number of rotatable bonds is 6. The zero-order valence-corrected chi connectivity index (χ0v) is 10.7. The molecule has 1 N–H and O–H groups in total. The average Bonchev–Trinajstić information content (AvgIpc) is 2.30. The summed E-state index contributed by atoms with van der Waals surface area (Å²) in [6.07, 6.45) is 0.256. The first-order valence-corrected chi connectivity index (χ1v) is 6.31. The summed E-state index contributed by atoms with van der Waals surface area (Å²) in [4.78, 5) is 24.0. The standard InChI is InChI=1S/C12H14FNO3S/c1-14(8-12(16)17)11(15)6-7-18-10-4-2-9(13)3-5-10/h2-5H,6-8H2,1H3,(H,16,17). The number of hydrogen-bond acceptors (Lipinski definition) is 3. The highest BCUT2D eigenvalue weighted by molar-refractivity contribution is 7.99. The molecular weight excluding hydrogens is 257 g/mol. The van der Waals surface area contributed by atoms with E-state index in [4.69, 9.17) is 5.11 Å². The first-order valence-electron chi connectivity index (χ1n) is 5.33. The van der Waals surface area contributed by atoms with E-state index in [9.17, 15) is 14.0 Å². The normalized spacial score (nSPS) is 10.1. The molecule has 0 aliphatic rings. The summed E-state index contributed by atoms with van der Waals surface area (Å²) in [6, 6.07) is 6.01. The number of amides is 1. The van der Waals surface area contributed by atoms with E-state index in [2.05, 4.69) is 0 Å².